The minimum Gasteiger partial charge on any atom is -0.324 e. The van der Waals surface area contributed by atoms with E-state index in [1.807, 2.05) is 13.1 Å². The summed E-state index contributed by atoms with van der Waals surface area (Å²) < 4.78 is 0. The van der Waals surface area contributed by atoms with Crippen LogP contribution in [0.3, 0.4) is 0 Å². The average Bonchev–Trinajstić information content (AvgIpc) is 2.30. The van der Waals surface area contributed by atoms with Crippen molar-refractivity contribution in [3.05, 3.63) is 29.6 Å². The molecule has 1 aromatic rings. The molecule has 1 aliphatic rings. The summed E-state index contributed by atoms with van der Waals surface area (Å²) in [6.45, 7) is 4.35. The van der Waals surface area contributed by atoms with Crippen molar-refractivity contribution in [3.63, 3.8) is 0 Å². The summed E-state index contributed by atoms with van der Waals surface area (Å²) in [5, 5.41) is 0. The van der Waals surface area contributed by atoms with E-state index in [-0.39, 0.29) is 6.04 Å². The lowest BCUT2D eigenvalue weighted by molar-refractivity contribution is 0.256. The zero-order chi connectivity index (χ0) is 11.5. The van der Waals surface area contributed by atoms with Crippen LogP contribution < -0.4 is 5.73 Å². The third-order valence-electron chi connectivity index (χ3n) is 3.89. The summed E-state index contributed by atoms with van der Waals surface area (Å²) in [5.74, 6) is 1.54. The molecular formula is C14H22N2. The molecular weight excluding hydrogens is 196 g/mol. The van der Waals surface area contributed by atoms with Gasteiger partial charge in [-0.1, -0.05) is 25.8 Å². The van der Waals surface area contributed by atoms with E-state index in [0.29, 0.717) is 5.92 Å². The lowest BCUT2D eigenvalue weighted by Crippen LogP contribution is -2.25. The second kappa shape index (κ2) is 4.96. The fourth-order valence-corrected chi connectivity index (χ4v) is 2.59. The van der Waals surface area contributed by atoms with Gasteiger partial charge < -0.3 is 5.73 Å². The predicted molar refractivity (Wildman–Crippen MR) is 67.0 cm³/mol. The first-order valence-electron chi connectivity index (χ1n) is 6.35. The largest absolute Gasteiger partial charge is 0.324 e. The highest BCUT2D eigenvalue weighted by molar-refractivity contribution is 5.17. The highest BCUT2D eigenvalue weighted by atomic mass is 14.7. The molecule has 88 valence electrons. The summed E-state index contributed by atoms with van der Waals surface area (Å²) in [5.41, 5.74) is 8.59. The third kappa shape index (κ3) is 2.62. The summed E-state index contributed by atoms with van der Waals surface area (Å²) >= 11 is 0. The Balaban J connectivity index is 2.01. The van der Waals surface area contributed by atoms with Gasteiger partial charge in [-0.2, -0.15) is 0 Å². The normalized spacial score (nSPS) is 27.7. The summed E-state index contributed by atoms with van der Waals surface area (Å²) in [6, 6.07) is 4.37. The average molecular weight is 218 g/mol. The van der Waals surface area contributed by atoms with Crippen LogP contribution in [0.4, 0.5) is 0 Å². The van der Waals surface area contributed by atoms with E-state index in [1.165, 1.54) is 31.2 Å². The molecule has 0 radical (unpaired) electrons. The maximum atomic E-state index is 6.33. The second-order valence-electron chi connectivity index (χ2n) is 5.28. The zero-order valence-corrected chi connectivity index (χ0v) is 10.3. The van der Waals surface area contributed by atoms with E-state index >= 15 is 0 Å². The molecule has 0 spiro atoms. The predicted octanol–water partition coefficient (Wildman–Crippen LogP) is 3.22. The Labute approximate surface area is 98.3 Å². The number of aryl methyl sites for hydroxylation is 1. The highest BCUT2D eigenvalue weighted by Gasteiger charge is 2.24. The fourth-order valence-electron chi connectivity index (χ4n) is 2.59. The number of pyridine rings is 1. The van der Waals surface area contributed by atoms with Gasteiger partial charge in [-0.25, -0.2) is 0 Å². The lowest BCUT2D eigenvalue weighted by atomic mass is 9.78. The Morgan fingerprint density at radius 1 is 1.25 bits per heavy atom. The summed E-state index contributed by atoms with van der Waals surface area (Å²) in [6.07, 6.45) is 7.15. The van der Waals surface area contributed by atoms with Crippen LogP contribution in [-0.4, -0.2) is 4.98 Å². The fraction of sp³-hybridized carbons (Fsp3) is 0.643. The Morgan fingerprint density at radius 2 is 1.94 bits per heavy atom. The Hall–Kier alpha value is -0.890. The van der Waals surface area contributed by atoms with Crippen molar-refractivity contribution < 1.29 is 0 Å². The smallest absolute Gasteiger partial charge is 0.0372 e. The molecule has 1 aliphatic carbocycles. The van der Waals surface area contributed by atoms with Crippen LogP contribution in [0.1, 0.15) is 49.9 Å². The maximum Gasteiger partial charge on any atom is 0.0372 e. The van der Waals surface area contributed by atoms with Gasteiger partial charge in [0.2, 0.25) is 0 Å². The monoisotopic (exact) mass is 218 g/mol. The van der Waals surface area contributed by atoms with Gasteiger partial charge in [-0.05, 0) is 43.2 Å². The standard InChI is InChI=1S/C14H22N2/c1-10-3-6-12(7-4-10)14(15)13-8-5-11(2)16-9-13/h5,8-10,12,14H,3-4,6-7,15H2,1-2H3. The first-order chi connectivity index (χ1) is 7.66. The van der Waals surface area contributed by atoms with Crippen molar-refractivity contribution in [2.24, 2.45) is 17.6 Å². The molecule has 1 heterocycles. The molecule has 1 atom stereocenters. The molecule has 1 unspecified atom stereocenters. The van der Waals surface area contributed by atoms with Crippen LogP contribution >= 0.6 is 0 Å². The van der Waals surface area contributed by atoms with E-state index in [2.05, 4.69) is 24.0 Å². The molecule has 1 aromatic heterocycles. The van der Waals surface area contributed by atoms with Gasteiger partial charge in [-0.3, -0.25) is 4.98 Å². The number of rotatable bonds is 2. The molecule has 0 bridgehead atoms. The quantitative estimate of drug-likeness (QED) is 0.827. The molecule has 0 saturated heterocycles. The molecule has 2 N–H and O–H groups in total. The topological polar surface area (TPSA) is 38.9 Å². The van der Waals surface area contributed by atoms with Gasteiger partial charge in [0.1, 0.15) is 0 Å². The minimum absolute atomic E-state index is 0.181. The Kier molecular flexibility index (Phi) is 3.59. The van der Waals surface area contributed by atoms with Crippen LogP contribution in [0.5, 0.6) is 0 Å². The van der Waals surface area contributed by atoms with Gasteiger partial charge in [0.05, 0.1) is 0 Å². The van der Waals surface area contributed by atoms with Crippen LogP contribution in [0.15, 0.2) is 18.3 Å². The molecule has 2 nitrogen and oxygen atoms in total. The van der Waals surface area contributed by atoms with E-state index < -0.39 is 0 Å². The van der Waals surface area contributed by atoms with Crippen molar-refractivity contribution in [2.45, 2.75) is 45.6 Å². The first kappa shape index (κ1) is 11.6. The first-order valence-corrected chi connectivity index (χ1v) is 6.35. The Bertz CT molecular complexity index is 323. The van der Waals surface area contributed by atoms with Crippen molar-refractivity contribution in [3.8, 4) is 0 Å². The second-order valence-corrected chi connectivity index (χ2v) is 5.28. The lowest BCUT2D eigenvalue weighted by Gasteiger charge is -2.30. The van der Waals surface area contributed by atoms with Gasteiger partial charge in [0.25, 0.3) is 0 Å². The molecule has 2 rings (SSSR count). The van der Waals surface area contributed by atoms with Crippen molar-refractivity contribution in [1.82, 2.24) is 4.98 Å². The van der Waals surface area contributed by atoms with Gasteiger partial charge in [-0.15, -0.1) is 0 Å². The molecule has 0 aliphatic heterocycles. The molecule has 1 fully saturated rings. The number of hydrogen-bond donors (Lipinski definition) is 1. The van der Waals surface area contributed by atoms with Gasteiger partial charge in [0, 0.05) is 17.9 Å². The van der Waals surface area contributed by atoms with Crippen LogP contribution in [0.2, 0.25) is 0 Å². The van der Waals surface area contributed by atoms with Gasteiger partial charge >= 0.3 is 0 Å². The van der Waals surface area contributed by atoms with Crippen LogP contribution in [0, 0.1) is 18.8 Å². The van der Waals surface area contributed by atoms with Crippen LogP contribution in [-0.2, 0) is 0 Å². The minimum atomic E-state index is 0.181. The van der Waals surface area contributed by atoms with Gasteiger partial charge in [0.15, 0.2) is 0 Å². The molecule has 0 amide bonds. The molecule has 1 saturated carbocycles. The molecule has 0 aromatic carbocycles. The van der Waals surface area contributed by atoms with Crippen molar-refractivity contribution >= 4 is 0 Å². The SMILES string of the molecule is Cc1ccc(C(N)C2CCC(C)CC2)cn1. The zero-order valence-electron chi connectivity index (χ0n) is 10.3. The van der Waals surface area contributed by atoms with E-state index in [0.717, 1.165) is 11.6 Å². The molecule has 16 heavy (non-hydrogen) atoms. The molecule has 2 heteroatoms. The van der Waals surface area contributed by atoms with Crippen molar-refractivity contribution in [1.29, 1.82) is 0 Å². The van der Waals surface area contributed by atoms with Crippen molar-refractivity contribution in [2.75, 3.05) is 0 Å². The highest BCUT2D eigenvalue weighted by Crippen LogP contribution is 2.35. The Morgan fingerprint density at radius 3 is 2.50 bits per heavy atom. The van der Waals surface area contributed by atoms with E-state index in [9.17, 15) is 0 Å². The maximum absolute atomic E-state index is 6.33. The number of hydrogen-bond acceptors (Lipinski definition) is 2. The third-order valence-corrected chi connectivity index (χ3v) is 3.89. The number of nitrogens with two attached hydrogens (primary N) is 1. The number of aromatic nitrogens is 1. The summed E-state index contributed by atoms with van der Waals surface area (Å²) in [7, 11) is 0. The van der Waals surface area contributed by atoms with E-state index in [1.54, 1.807) is 0 Å². The van der Waals surface area contributed by atoms with E-state index in [4.69, 9.17) is 5.73 Å². The summed E-state index contributed by atoms with van der Waals surface area (Å²) in [4.78, 5) is 4.33. The number of nitrogens with zero attached hydrogens (tertiary/aromatic N) is 1. The van der Waals surface area contributed by atoms with Crippen LogP contribution in [0.25, 0.3) is 0 Å².